The lowest BCUT2D eigenvalue weighted by Gasteiger charge is -2.14. The van der Waals surface area contributed by atoms with Crippen molar-refractivity contribution in [3.05, 3.63) is 29.6 Å². The summed E-state index contributed by atoms with van der Waals surface area (Å²) in [6.45, 7) is 2.90. The number of phenols is 1. The summed E-state index contributed by atoms with van der Waals surface area (Å²) in [4.78, 5) is 2.27. The first-order valence-electron chi connectivity index (χ1n) is 4.95. The van der Waals surface area contributed by atoms with E-state index in [1.165, 1.54) is 18.9 Å². The van der Waals surface area contributed by atoms with Gasteiger partial charge in [-0.1, -0.05) is 0 Å². The van der Waals surface area contributed by atoms with Gasteiger partial charge < -0.3 is 5.11 Å². The maximum atomic E-state index is 12.9. The lowest BCUT2D eigenvalue weighted by atomic mass is 10.2. The van der Waals surface area contributed by atoms with Gasteiger partial charge in [0.25, 0.3) is 0 Å². The third kappa shape index (κ3) is 2.23. The number of phenolic OH excluding ortho intramolecular Hbond substituents is 1. The molecular weight excluding hydrogens is 181 g/mol. The second-order valence-electron chi connectivity index (χ2n) is 3.80. The molecule has 1 N–H and O–H groups in total. The van der Waals surface area contributed by atoms with Crippen LogP contribution in [0.1, 0.15) is 18.4 Å². The van der Waals surface area contributed by atoms with Crippen LogP contribution in [0.15, 0.2) is 18.2 Å². The second kappa shape index (κ2) is 3.96. The zero-order valence-electron chi connectivity index (χ0n) is 8.04. The van der Waals surface area contributed by atoms with E-state index < -0.39 is 0 Å². The van der Waals surface area contributed by atoms with E-state index in [2.05, 4.69) is 4.90 Å². The van der Waals surface area contributed by atoms with Crippen LogP contribution >= 0.6 is 0 Å². The molecule has 0 atom stereocenters. The van der Waals surface area contributed by atoms with Crippen LogP contribution in [0.3, 0.4) is 0 Å². The molecule has 0 spiro atoms. The van der Waals surface area contributed by atoms with Crippen molar-refractivity contribution < 1.29 is 9.50 Å². The first kappa shape index (κ1) is 9.46. The molecule has 76 valence electrons. The van der Waals surface area contributed by atoms with Gasteiger partial charge in [-0.15, -0.1) is 0 Å². The molecule has 1 aliphatic heterocycles. The zero-order valence-corrected chi connectivity index (χ0v) is 8.04. The molecule has 14 heavy (non-hydrogen) atoms. The largest absolute Gasteiger partial charge is 0.508 e. The fourth-order valence-corrected chi connectivity index (χ4v) is 1.92. The van der Waals surface area contributed by atoms with E-state index in [0.717, 1.165) is 31.3 Å². The molecule has 0 saturated carbocycles. The van der Waals surface area contributed by atoms with Gasteiger partial charge in [-0.05, 0) is 43.6 Å². The van der Waals surface area contributed by atoms with Crippen LogP contribution in [0.5, 0.6) is 5.75 Å². The number of nitrogens with zero attached hydrogens (tertiary/aromatic N) is 1. The number of aromatic hydroxyl groups is 1. The number of hydrogen-bond donors (Lipinski definition) is 1. The topological polar surface area (TPSA) is 23.5 Å². The van der Waals surface area contributed by atoms with Crippen molar-refractivity contribution >= 4 is 0 Å². The molecular formula is C11H14FNO. The molecule has 2 rings (SSSR count). The highest BCUT2D eigenvalue weighted by molar-refractivity contribution is 5.28. The molecule has 0 radical (unpaired) electrons. The highest BCUT2D eigenvalue weighted by Crippen LogP contribution is 2.18. The number of likely N-dealkylation sites (tertiary alicyclic amines) is 1. The van der Waals surface area contributed by atoms with E-state index in [1.54, 1.807) is 6.07 Å². The van der Waals surface area contributed by atoms with E-state index in [9.17, 15) is 9.50 Å². The summed E-state index contributed by atoms with van der Waals surface area (Å²) >= 11 is 0. The second-order valence-corrected chi connectivity index (χ2v) is 3.80. The Kier molecular flexibility index (Phi) is 2.68. The van der Waals surface area contributed by atoms with Gasteiger partial charge in [0.05, 0.1) is 0 Å². The molecule has 1 aromatic carbocycles. The molecule has 0 unspecified atom stereocenters. The summed E-state index contributed by atoms with van der Waals surface area (Å²) in [7, 11) is 0. The predicted octanol–water partition coefficient (Wildman–Crippen LogP) is 2.13. The molecule has 0 aromatic heterocycles. The van der Waals surface area contributed by atoms with Crippen molar-refractivity contribution in [1.82, 2.24) is 4.90 Å². The minimum atomic E-state index is -0.362. The first-order chi connectivity index (χ1) is 6.74. The van der Waals surface area contributed by atoms with E-state index in [1.807, 2.05) is 0 Å². The first-order valence-corrected chi connectivity index (χ1v) is 4.95. The lowest BCUT2D eigenvalue weighted by molar-refractivity contribution is 0.330. The smallest absolute Gasteiger partial charge is 0.127 e. The van der Waals surface area contributed by atoms with Crippen molar-refractivity contribution in [2.24, 2.45) is 0 Å². The van der Waals surface area contributed by atoms with Crippen LogP contribution in [0.2, 0.25) is 0 Å². The SMILES string of the molecule is Oc1cc(F)cc(CN2CCCC2)c1. The Morgan fingerprint density at radius 1 is 1.21 bits per heavy atom. The maximum Gasteiger partial charge on any atom is 0.127 e. The van der Waals surface area contributed by atoms with E-state index >= 15 is 0 Å². The molecule has 3 heteroatoms. The van der Waals surface area contributed by atoms with Gasteiger partial charge in [0, 0.05) is 12.6 Å². The van der Waals surface area contributed by atoms with Gasteiger partial charge in [-0.2, -0.15) is 0 Å². The number of halogens is 1. The van der Waals surface area contributed by atoms with Crippen LogP contribution in [-0.2, 0) is 6.54 Å². The summed E-state index contributed by atoms with van der Waals surface area (Å²) in [6.07, 6.45) is 2.45. The Morgan fingerprint density at radius 2 is 1.93 bits per heavy atom. The Balaban J connectivity index is 2.07. The normalized spacial score (nSPS) is 17.5. The number of rotatable bonds is 2. The Morgan fingerprint density at radius 3 is 2.57 bits per heavy atom. The Labute approximate surface area is 83.0 Å². The van der Waals surface area contributed by atoms with Gasteiger partial charge in [0.1, 0.15) is 11.6 Å². The summed E-state index contributed by atoms with van der Waals surface area (Å²) in [5.41, 5.74) is 0.851. The molecule has 1 fully saturated rings. The molecule has 1 heterocycles. The minimum absolute atomic E-state index is 0.0131. The zero-order chi connectivity index (χ0) is 9.97. The third-order valence-corrected chi connectivity index (χ3v) is 2.55. The standard InChI is InChI=1S/C11H14FNO/c12-10-5-9(6-11(14)7-10)8-13-3-1-2-4-13/h5-7,14H,1-4,8H2. The van der Waals surface area contributed by atoms with Gasteiger partial charge in [0.2, 0.25) is 0 Å². The van der Waals surface area contributed by atoms with Crippen molar-refractivity contribution in [3.63, 3.8) is 0 Å². The molecule has 0 aliphatic carbocycles. The van der Waals surface area contributed by atoms with E-state index in [0.29, 0.717) is 0 Å². The van der Waals surface area contributed by atoms with E-state index in [4.69, 9.17) is 0 Å². The molecule has 1 aliphatic rings. The minimum Gasteiger partial charge on any atom is -0.508 e. The van der Waals surface area contributed by atoms with Gasteiger partial charge in [0.15, 0.2) is 0 Å². The van der Waals surface area contributed by atoms with Crippen molar-refractivity contribution in [2.75, 3.05) is 13.1 Å². The predicted molar refractivity (Wildman–Crippen MR) is 52.6 cm³/mol. The molecule has 1 saturated heterocycles. The quantitative estimate of drug-likeness (QED) is 0.781. The molecule has 0 bridgehead atoms. The van der Waals surface area contributed by atoms with Crippen molar-refractivity contribution in [1.29, 1.82) is 0 Å². The average Bonchev–Trinajstić information content (AvgIpc) is 2.54. The van der Waals surface area contributed by atoms with Gasteiger partial charge in [-0.3, -0.25) is 4.90 Å². The van der Waals surface area contributed by atoms with Crippen LogP contribution in [-0.4, -0.2) is 23.1 Å². The summed E-state index contributed by atoms with van der Waals surface area (Å²) in [5, 5.41) is 9.21. The van der Waals surface area contributed by atoms with Crippen LogP contribution in [0.4, 0.5) is 4.39 Å². The lowest BCUT2D eigenvalue weighted by Crippen LogP contribution is -2.18. The van der Waals surface area contributed by atoms with Gasteiger partial charge in [-0.25, -0.2) is 4.39 Å². The maximum absolute atomic E-state index is 12.9. The molecule has 1 aromatic rings. The number of hydrogen-bond acceptors (Lipinski definition) is 2. The van der Waals surface area contributed by atoms with Crippen LogP contribution in [0.25, 0.3) is 0 Å². The summed E-state index contributed by atoms with van der Waals surface area (Å²) in [5.74, 6) is -0.349. The summed E-state index contributed by atoms with van der Waals surface area (Å²) < 4.78 is 12.9. The Bertz CT molecular complexity index is 301. The number of benzene rings is 1. The average molecular weight is 195 g/mol. The highest BCUT2D eigenvalue weighted by atomic mass is 19.1. The van der Waals surface area contributed by atoms with Crippen molar-refractivity contribution in [3.8, 4) is 5.75 Å². The van der Waals surface area contributed by atoms with Crippen LogP contribution in [0, 0.1) is 5.82 Å². The molecule has 0 amide bonds. The summed E-state index contributed by atoms with van der Waals surface area (Å²) in [6, 6.07) is 4.24. The Hall–Kier alpha value is -1.09. The molecule has 2 nitrogen and oxygen atoms in total. The van der Waals surface area contributed by atoms with E-state index in [-0.39, 0.29) is 11.6 Å². The van der Waals surface area contributed by atoms with Crippen molar-refractivity contribution in [2.45, 2.75) is 19.4 Å². The third-order valence-electron chi connectivity index (χ3n) is 2.55. The monoisotopic (exact) mass is 195 g/mol. The fraction of sp³-hybridized carbons (Fsp3) is 0.455. The fourth-order valence-electron chi connectivity index (χ4n) is 1.92. The van der Waals surface area contributed by atoms with Gasteiger partial charge >= 0.3 is 0 Å². The van der Waals surface area contributed by atoms with Crippen LogP contribution < -0.4 is 0 Å². The highest BCUT2D eigenvalue weighted by Gasteiger charge is 2.12.